The van der Waals surface area contributed by atoms with E-state index in [2.05, 4.69) is 49.9 Å². The summed E-state index contributed by atoms with van der Waals surface area (Å²) in [4.78, 5) is 0. The first kappa shape index (κ1) is 17.5. The molecule has 3 rings (SSSR count). The molecule has 0 spiro atoms. The molecule has 1 aromatic carbocycles. The van der Waals surface area contributed by atoms with E-state index in [1.807, 2.05) is 6.08 Å². The highest BCUT2D eigenvalue weighted by atomic mass is 14.4. The average molecular weight is 323 g/mol. The minimum atomic E-state index is 0.813. The van der Waals surface area contributed by atoms with Crippen molar-refractivity contribution in [3.8, 4) is 0 Å². The maximum atomic E-state index is 3.79. The Morgan fingerprint density at radius 2 is 1.46 bits per heavy atom. The predicted octanol–water partition coefficient (Wildman–Crippen LogP) is 7.07. The van der Waals surface area contributed by atoms with Gasteiger partial charge in [-0.2, -0.15) is 0 Å². The normalized spacial score (nSPS) is 31.2. The molecule has 0 aliphatic heterocycles. The molecule has 0 heterocycles. The molecule has 0 radical (unpaired) electrons. The van der Waals surface area contributed by atoms with Crippen molar-refractivity contribution < 1.29 is 0 Å². The summed E-state index contributed by atoms with van der Waals surface area (Å²) in [7, 11) is 0. The second-order valence-electron chi connectivity index (χ2n) is 8.00. The van der Waals surface area contributed by atoms with Gasteiger partial charge in [-0.05, 0) is 92.6 Å². The molecule has 0 heteroatoms. The van der Waals surface area contributed by atoms with Crippen LogP contribution in [0.2, 0.25) is 0 Å². The standard InChI is InChI=1S/C24H34/c1-3-5-6-20-9-13-22(14-10-20)24-17-15-23(16-18-24)21-11-7-19(4-2)8-12-21/h3,5-8,11-12,20,22-24H,1,4,9-10,13-18H2,2H3. The van der Waals surface area contributed by atoms with E-state index in [0.717, 1.165) is 30.1 Å². The summed E-state index contributed by atoms with van der Waals surface area (Å²) < 4.78 is 0. The topological polar surface area (TPSA) is 0 Å². The molecule has 1 aromatic rings. The van der Waals surface area contributed by atoms with Gasteiger partial charge in [0, 0.05) is 0 Å². The van der Waals surface area contributed by atoms with Crippen LogP contribution in [0.5, 0.6) is 0 Å². The molecule has 130 valence electrons. The first-order valence-corrected chi connectivity index (χ1v) is 10.2. The van der Waals surface area contributed by atoms with E-state index in [1.54, 1.807) is 5.56 Å². The van der Waals surface area contributed by atoms with Gasteiger partial charge in [-0.15, -0.1) is 0 Å². The summed E-state index contributed by atoms with van der Waals surface area (Å²) in [6.07, 6.45) is 19.0. The Morgan fingerprint density at radius 3 is 2.00 bits per heavy atom. The lowest BCUT2D eigenvalue weighted by Gasteiger charge is -2.37. The highest BCUT2D eigenvalue weighted by Gasteiger charge is 2.30. The quantitative estimate of drug-likeness (QED) is 0.508. The lowest BCUT2D eigenvalue weighted by Crippen LogP contribution is -2.25. The number of hydrogen-bond acceptors (Lipinski definition) is 0. The zero-order chi connectivity index (χ0) is 16.8. The molecular weight excluding hydrogens is 288 g/mol. The van der Waals surface area contributed by atoms with Crippen LogP contribution in [0.1, 0.15) is 75.3 Å². The molecule has 0 amide bonds. The first-order chi connectivity index (χ1) is 11.8. The third-order valence-electron chi connectivity index (χ3n) is 6.63. The maximum Gasteiger partial charge on any atom is -0.0162 e. The molecule has 24 heavy (non-hydrogen) atoms. The van der Waals surface area contributed by atoms with Gasteiger partial charge in [-0.1, -0.05) is 56.0 Å². The Bertz CT molecular complexity index is 520. The molecule has 0 unspecified atom stereocenters. The number of aryl methyl sites for hydroxylation is 1. The lowest BCUT2D eigenvalue weighted by molar-refractivity contribution is 0.171. The van der Waals surface area contributed by atoms with E-state index in [4.69, 9.17) is 0 Å². The molecule has 0 nitrogen and oxygen atoms in total. The van der Waals surface area contributed by atoms with E-state index in [9.17, 15) is 0 Å². The average Bonchev–Trinajstić information content (AvgIpc) is 2.67. The van der Waals surface area contributed by atoms with E-state index in [1.165, 1.54) is 56.9 Å². The van der Waals surface area contributed by atoms with E-state index in [-0.39, 0.29) is 0 Å². The van der Waals surface area contributed by atoms with Crippen molar-refractivity contribution in [2.75, 3.05) is 0 Å². The molecule has 0 N–H and O–H groups in total. The van der Waals surface area contributed by atoms with E-state index < -0.39 is 0 Å². The van der Waals surface area contributed by atoms with Gasteiger partial charge in [-0.25, -0.2) is 0 Å². The fraction of sp³-hybridized carbons (Fsp3) is 0.583. The monoisotopic (exact) mass is 322 g/mol. The van der Waals surface area contributed by atoms with Crippen molar-refractivity contribution in [2.45, 2.75) is 70.6 Å². The van der Waals surface area contributed by atoms with Crippen molar-refractivity contribution in [1.82, 2.24) is 0 Å². The number of hydrogen-bond donors (Lipinski definition) is 0. The summed E-state index contributed by atoms with van der Waals surface area (Å²) in [6, 6.07) is 9.45. The molecule has 0 aromatic heterocycles. The van der Waals surface area contributed by atoms with Crippen LogP contribution >= 0.6 is 0 Å². The predicted molar refractivity (Wildman–Crippen MR) is 105 cm³/mol. The number of rotatable bonds is 5. The molecule has 0 bridgehead atoms. The van der Waals surface area contributed by atoms with Gasteiger partial charge in [-0.3, -0.25) is 0 Å². The van der Waals surface area contributed by atoms with Gasteiger partial charge in [0.1, 0.15) is 0 Å². The van der Waals surface area contributed by atoms with Crippen LogP contribution in [0.3, 0.4) is 0 Å². The second kappa shape index (κ2) is 8.70. The van der Waals surface area contributed by atoms with Gasteiger partial charge in [0.2, 0.25) is 0 Å². The van der Waals surface area contributed by atoms with E-state index >= 15 is 0 Å². The molecule has 0 atom stereocenters. The van der Waals surface area contributed by atoms with Crippen LogP contribution in [0.25, 0.3) is 0 Å². The van der Waals surface area contributed by atoms with Crippen LogP contribution in [-0.4, -0.2) is 0 Å². The fourth-order valence-corrected chi connectivity index (χ4v) is 4.99. The largest absolute Gasteiger partial charge is 0.0991 e. The Morgan fingerprint density at radius 1 is 0.875 bits per heavy atom. The molecule has 0 saturated heterocycles. The SMILES string of the molecule is C=CC=CC1CCC(C2CCC(c3ccc(CC)cc3)CC2)CC1. The van der Waals surface area contributed by atoms with Gasteiger partial charge >= 0.3 is 0 Å². The van der Waals surface area contributed by atoms with Crippen molar-refractivity contribution >= 4 is 0 Å². The highest BCUT2D eigenvalue weighted by molar-refractivity contribution is 5.25. The highest BCUT2D eigenvalue weighted by Crippen LogP contribution is 2.44. The zero-order valence-electron chi connectivity index (χ0n) is 15.4. The van der Waals surface area contributed by atoms with Crippen LogP contribution in [0, 0.1) is 17.8 Å². The van der Waals surface area contributed by atoms with Gasteiger partial charge < -0.3 is 0 Å². The zero-order valence-corrected chi connectivity index (χ0v) is 15.4. The summed E-state index contributed by atoms with van der Waals surface area (Å²) in [5.74, 6) is 3.63. The van der Waals surface area contributed by atoms with Gasteiger partial charge in [0.25, 0.3) is 0 Å². The van der Waals surface area contributed by atoms with Crippen LogP contribution in [-0.2, 0) is 6.42 Å². The van der Waals surface area contributed by atoms with Crippen molar-refractivity contribution in [3.63, 3.8) is 0 Å². The third kappa shape index (κ3) is 4.41. The van der Waals surface area contributed by atoms with Gasteiger partial charge in [0.15, 0.2) is 0 Å². The van der Waals surface area contributed by atoms with Crippen molar-refractivity contribution in [3.05, 3.63) is 60.2 Å². The van der Waals surface area contributed by atoms with Crippen LogP contribution < -0.4 is 0 Å². The number of allylic oxidation sites excluding steroid dienone is 3. The van der Waals surface area contributed by atoms with Crippen LogP contribution in [0.4, 0.5) is 0 Å². The Labute approximate surface area is 149 Å². The molecule has 2 aliphatic rings. The van der Waals surface area contributed by atoms with E-state index in [0.29, 0.717) is 0 Å². The summed E-state index contributed by atoms with van der Waals surface area (Å²) in [6.45, 7) is 6.03. The molecule has 2 saturated carbocycles. The minimum Gasteiger partial charge on any atom is -0.0991 e. The summed E-state index contributed by atoms with van der Waals surface area (Å²) >= 11 is 0. The third-order valence-corrected chi connectivity index (χ3v) is 6.63. The molecular formula is C24H34. The lowest BCUT2D eigenvalue weighted by atomic mass is 9.68. The van der Waals surface area contributed by atoms with Crippen LogP contribution in [0.15, 0.2) is 49.1 Å². The number of benzene rings is 1. The van der Waals surface area contributed by atoms with Gasteiger partial charge in [0.05, 0.1) is 0 Å². The first-order valence-electron chi connectivity index (χ1n) is 10.2. The van der Waals surface area contributed by atoms with Crippen molar-refractivity contribution in [2.24, 2.45) is 17.8 Å². The fourth-order valence-electron chi connectivity index (χ4n) is 4.99. The minimum absolute atomic E-state index is 0.813. The Hall–Kier alpha value is -1.30. The smallest absolute Gasteiger partial charge is 0.0162 e. The maximum absolute atomic E-state index is 3.79. The summed E-state index contributed by atoms with van der Waals surface area (Å²) in [5.41, 5.74) is 3.05. The molecule has 2 aliphatic carbocycles. The molecule has 2 fully saturated rings. The van der Waals surface area contributed by atoms with Crippen molar-refractivity contribution in [1.29, 1.82) is 0 Å². The Balaban J connectivity index is 1.47. The second-order valence-corrected chi connectivity index (χ2v) is 8.00. The summed E-state index contributed by atoms with van der Waals surface area (Å²) in [5, 5.41) is 0. The Kier molecular flexibility index (Phi) is 6.35.